The Balaban J connectivity index is 1.94. The number of likely N-dealkylation sites (N-methyl/N-ethyl adjacent to an activating group) is 1. The molecule has 1 aliphatic rings. The van der Waals surface area contributed by atoms with Gasteiger partial charge in [-0.2, -0.15) is 0 Å². The minimum Gasteiger partial charge on any atom is -0.379 e. The maximum atomic E-state index is 11.5. The number of carbonyl (C=O) groups is 1. The Morgan fingerprint density at radius 2 is 1.95 bits per heavy atom. The van der Waals surface area contributed by atoms with Crippen molar-refractivity contribution in [1.29, 1.82) is 0 Å². The van der Waals surface area contributed by atoms with E-state index < -0.39 is 0 Å². The van der Waals surface area contributed by atoms with Crippen LogP contribution in [-0.2, 0) is 9.53 Å². The van der Waals surface area contributed by atoms with Crippen molar-refractivity contribution in [1.82, 2.24) is 10.2 Å². The summed E-state index contributed by atoms with van der Waals surface area (Å²) in [5.41, 5.74) is 2.10. The largest absolute Gasteiger partial charge is 0.379 e. The van der Waals surface area contributed by atoms with E-state index in [1.165, 1.54) is 5.56 Å². The molecule has 20 heavy (non-hydrogen) atoms. The number of nitrogens with zero attached hydrogens (tertiary/aromatic N) is 1. The second kappa shape index (κ2) is 7.38. The maximum absolute atomic E-state index is 11.5. The molecule has 0 aromatic heterocycles. The lowest BCUT2D eigenvalue weighted by Crippen LogP contribution is -2.38. The number of anilines is 1. The minimum atomic E-state index is -0.0264. The number of morpholine rings is 1. The van der Waals surface area contributed by atoms with Crippen LogP contribution in [0.2, 0.25) is 0 Å². The van der Waals surface area contributed by atoms with Crippen molar-refractivity contribution in [3.05, 3.63) is 29.8 Å². The van der Waals surface area contributed by atoms with Crippen molar-refractivity contribution in [3.63, 3.8) is 0 Å². The van der Waals surface area contributed by atoms with Gasteiger partial charge in [0.05, 0.1) is 19.8 Å². The van der Waals surface area contributed by atoms with E-state index >= 15 is 0 Å². The quantitative estimate of drug-likeness (QED) is 0.850. The molecule has 2 N–H and O–H groups in total. The number of nitrogens with one attached hydrogen (secondary N) is 2. The van der Waals surface area contributed by atoms with Gasteiger partial charge in [0.15, 0.2) is 0 Å². The maximum Gasteiger partial charge on any atom is 0.238 e. The number of hydrogen-bond acceptors (Lipinski definition) is 4. The van der Waals surface area contributed by atoms with Crippen LogP contribution >= 0.6 is 0 Å². The smallest absolute Gasteiger partial charge is 0.238 e. The molecule has 0 spiro atoms. The lowest BCUT2D eigenvalue weighted by molar-refractivity contribution is -0.115. The Kier molecular flexibility index (Phi) is 5.52. The first-order valence-corrected chi connectivity index (χ1v) is 7.07. The first kappa shape index (κ1) is 15.0. The normalized spacial score (nSPS) is 17.7. The third-order valence-electron chi connectivity index (χ3n) is 3.61. The zero-order valence-corrected chi connectivity index (χ0v) is 12.2. The molecule has 0 aliphatic carbocycles. The summed E-state index contributed by atoms with van der Waals surface area (Å²) in [6.07, 6.45) is 0. The average Bonchev–Trinajstić information content (AvgIpc) is 2.48. The van der Waals surface area contributed by atoms with Crippen LogP contribution in [0.3, 0.4) is 0 Å². The molecule has 1 aliphatic heterocycles. The van der Waals surface area contributed by atoms with Gasteiger partial charge in [0.2, 0.25) is 5.91 Å². The monoisotopic (exact) mass is 277 g/mol. The van der Waals surface area contributed by atoms with Gasteiger partial charge in [-0.05, 0) is 31.7 Å². The van der Waals surface area contributed by atoms with Gasteiger partial charge in [-0.25, -0.2) is 0 Å². The fourth-order valence-electron chi connectivity index (χ4n) is 2.39. The summed E-state index contributed by atoms with van der Waals surface area (Å²) in [5, 5.41) is 5.68. The van der Waals surface area contributed by atoms with E-state index in [4.69, 9.17) is 4.74 Å². The van der Waals surface area contributed by atoms with E-state index in [2.05, 4.69) is 34.6 Å². The summed E-state index contributed by atoms with van der Waals surface area (Å²) in [5.74, 6) is -0.0264. The summed E-state index contributed by atoms with van der Waals surface area (Å²) in [6.45, 7) is 6.10. The van der Waals surface area contributed by atoms with Gasteiger partial charge in [-0.3, -0.25) is 9.69 Å². The van der Waals surface area contributed by atoms with Crippen LogP contribution in [0.4, 0.5) is 5.69 Å². The lowest BCUT2D eigenvalue weighted by Gasteiger charge is -2.32. The van der Waals surface area contributed by atoms with Gasteiger partial charge in [0, 0.05) is 24.8 Å². The second-order valence-electron chi connectivity index (χ2n) is 5.02. The van der Waals surface area contributed by atoms with Crippen molar-refractivity contribution in [2.75, 3.05) is 45.2 Å². The molecule has 1 atom stereocenters. The lowest BCUT2D eigenvalue weighted by atomic mass is 10.1. The number of amides is 1. The van der Waals surface area contributed by atoms with Crippen molar-refractivity contribution in [2.24, 2.45) is 0 Å². The Hall–Kier alpha value is -1.43. The molecule has 0 saturated carbocycles. The molecular weight excluding hydrogens is 254 g/mol. The molecule has 1 amide bonds. The van der Waals surface area contributed by atoms with Gasteiger partial charge in [0.25, 0.3) is 0 Å². The summed E-state index contributed by atoms with van der Waals surface area (Å²) >= 11 is 0. The fraction of sp³-hybridized carbons (Fsp3) is 0.533. The van der Waals surface area contributed by atoms with E-state index in [1.807, 2.05) is 12.1 Å². The number of benzene rings is 1. The fourth-order valence-corrected chi connectivity index (χ4v) is 2.39. The highest BCUT2D eigenvalue weighted by molar-refractivity contribution is 5.92. The van der Waals surface area contributed by atoms with Crippen molar-refractivity contribution < 1.29 is 9.53 Å². The van der Waals surface area contributed by atoms with Gasteiger partial charge < -0.3 is 15.4 Å². The summed E-state index contributed by atoms with van der Waals surface area (Å²) in [7, 11) is 1.76. The standard InChI is InChI=1S/C15H23N3O2/c1-12(18-7-9-20-10-8-18)13-3-5-14(6-4-13)17-15(19)11-16-2/h3-6,12,16H,7-11H2,1-2H3,(H,17,19). The topological polar surface area (TPSA) is 53.6 Å². The van der Waals surface area contributed by atoms with E-state index in [0.717, 1.165) is 32.0 Å². The average molecular weight is 277 g/mol. The zero-order valence-electron chi connectivity index (χ0n) is 12.2. The molecule has 110 valence electrons. The van der Waals surface area contributed by atoms with Crippen LogP contribution in [0.15, 0.2) is 24.3 Å². The molecule has 5 heteroatoms. The van der Waals surface area contributed by atoms with Crippen LogP contribution in [0.1, 0.15) is 18.5 Å². The molecular formula is C15H23N3O2. The molecule has 1 fully saturated rings. The first-order chi connectivity index (χ1) is 9.70. The summed E-state index contributed by atoms with van der Waals surface area (Å²) in [6, 6.07) is 8.45. The molecule has 1 saturated heterocycles. The van der Waals surface area contributed by atoms with E-state index in [1.54, 1.807) is 7.05 Å². The van der Waals surface area contributed by atoms with Crippen molar-refractivity contribution in [2.45, 2.75) is 13.0 Å². The molecule has 1 aromatic carbocycles. The minimum absolute atomic E-state index is 0.0264. The van der Waals surface area contributed by atoms with Crippen LogP contribution in [-0.4, -0.2) is 50.7 Å². The number of carbonyl (C=O) groups excluding carboxylic acids is 1. The number of rotatable bonds is 5. The van der Waals surface area contributed by atoms with Crippen molar-refractivity contribution >= 4 is 11.6 Å². The van der Waals surface area contributed by atoms with Crippen molar-refractivity contribution in [3.8, 4) is 0 Å². The highest BCUT2D eigenvalue weighted by atomic mass is 16.5. The van der Waals surface area contributed by atoms with Gasteiger partial charge in [0.1, 0.15) is 0 Å². The van der Waals surface area contributed by atoms with Gasteiger partial charge >= 0.3 is 0 Å². The molecule has 0 radical (unpaired) electrons. The SMILES string of the molecule is CNCC(=O)Nc1ccc(C(C)N2CCOCC2)cc1. The van der Waals surface area contributed by atoms with E-state index in [0.29, 0.717) is 12.6 Å². The molecule has 0 bridgehead atoms. The highest BCUT2D eigenvalue weighted by Crippen LogP contribution is 2.22. The van der Waals surface area contributed by atoms with Crippen LogP contribution < -0.4 is 10.6 Å². The Bertz CT molecular complexity index is 427. The third-order valence-corrected chi connectivity index (χ3v) is 3.61. The Labute approximate surface area is 120 Å². The predicted octanol–water partition coefficient (Wildman–Crippen LogP) is 1.24. The number of hydrogen-bond donors (Lipinski definition) is 2. The highest BCUT2D eigenvalue weighted by Gasteiger charge is 2.18. The first-order valence-electron chi connectivity index (χ1n) is 7.07. The third kappa shape index (κ3) is 4.03. The Morgan fingerprint density at radius 3 is 2.55 bits per heavy atom. The molecule has 1 heterocycles. The van der Waals surface area contributed by atoms with Crippen LogP contribution in [0.5, 0.6) is 0 Å². The predicted molar refractivity (Wildman–Crippen MR) is 79.8 cm³/mol. The molecule has 5 nitrogen and oxygen atoms in total. The molecule has 1 unspecified atom stereocenters. The summed E-state index contributed by atoms with van der Waals surface area (Å²) in [4.78, 5) is 13.9. The van der Waals surface area contributed by atoms with Gasteiger partial charge in [-0.1, -0.05) is 12.1 Å². The van der Waals surface area contributed by atoms with E-state index in [9.17, 15) is 4.79 Å². The van der Waals surface area contributed by atoms with Crippen LogP contribution in [0, 0.1) is 0 Å². The Morgan fingerprint density at radius 1 is 1.30 bits per heavy atom. The molecule has 2 rings (SSSR count). The molecule has 1 aromatic rings. The van der Waals surface area contributed by atoms with Crippen LogP contribution in [0.25, 0.3) is 0 Å². The van der Waals surface area contributed by atoms with E-state index in [-0.39, 0.29) is 5.91 Å². The zero-order chi connectivity index (χ0) is 14.4. The summed E-state index contributed by atoms with van der Waals surface area (Å²) < 4.78 is 5.38. The second-order valence-corrected chi connectivity index (χ2v) is 5.02. The van der Waals surface area contributed by atoms with Gasteiger partial charge in [-0.15, -0.1) is 0 Å². The number of ether oxygens (including phenoxy) is 1.